The molecular formula is C30H33F3N6O4S. The number of alkyl halides is 3. The van der Waals surface area contributed by atoms with Gasteiger partial charge in [-0.2, -0.15) is 13.2 Å². The number of aryl methyl sites for hydroxylation is 1. The van der Waals surface area contributed by atoms with Crippen LogP contribution >= 0.6 is 0 Å². The number of rotatable bonds is 10. The van der Waals surface area contributed by atoms with Gasteiger partial charge in [0.1, 0.15) is 12.3 Å². The molecule has 4 aromatic rings. The number of aromatic nitrogens is 2. The first-order valence-electron chi connectivity index (χ1n) is 14.1. The standard InChI is InChI=1S/C30H33F3N6O4S/c1-21-18-29(36-43-21)37-44(41,42)25-9-7-22(8-10-25)34-13-3-4-24-19-26-27(35-23-11-14-38(15-12-23)16-17-40)5-2-6-28(26)39(24)20-30(31,32)33/h2,5-10,18-19,23,34-35,40H,11-17,20H2,1H3,(H,36,37). The fourth-order valence-corrected chi connectivity index (χ4v) is 6.15. The Bertz CT molecular complexity index is 1750. The quantitative estimate of drug-likeness (QED) is 0.187. The summed E-state index contributed by atoms with van der Waals surface area (Å²) >= 11 is 0. The molecule has 0 atom stereocenters. The van der Waals surface area contributed by atoms with Crippen molar-refractivity contribution >= 4 is 38.1 Å². The van der Waals surface area contributed by atoms with Crippen LogP contribution in [-0.4, -0.2) is 73.2 Å². The average molecular weight is 631 g/mol. The van der Waals surface area contributed by atoms with Gasteiger partial charge in [-0.1, -0.05) is 17.1 Å². The molecule has 0 unspecified atom stereocenters. The molecule has 44 heavy (non-hydrogen) atoms. The Balaban J connectivity index is 1.28. The Morgan fingerprint density at radius 3 is 2.52 bits per heavy atom. The molecule has 3 heterocycles. The summed E-state index contributed by atoms with van der Waals surface area (Å²) < 4.78 is 74.3. The van der Waals surface area contributed by atoms with Gasteiger partial charge in [0.2, 0.25) is 0 Å². The van der Waals surface area contributed by atoms with Crippen LogP contribution in [0.15, 0.2) is 64.0 Å². The van der Waals surface area contributed by atoms with Crippen LogP contribution in [0.3, 0.4) is 0 Å². The van der Waals surface area contributed by atoms with Crippen molar-refractivity contribution in [3.8, 4) is 11.8 Å². The van der Waals surface area contributed by atoms with Gasteiger partial charge < -0.3 is 29.7 Å². The lowest BCUT2D eigenvalue weighted by Crippen LogP contribution is -2.40. The highest BCUT2D eigenvalue weighted by atomic mass is 32.2. The number of benzene rings is 2. The molecule has 0 bridgehead atoms. The molecule has 1 aliphatic rings. The highest BCUT2D eigenvalue weighted by Crippen LogP contribution is 2.31. The molecule has 1 aliphatic heterocycles. The highest BCUT2D eigenvalue weighted by molar-refractivity contribution is 7.92. The predicted octanol–water partition coefficient (Wildman–Crippen LogP) is 4.63. The maximum absolute atomic E-state index is 13.6. The SMILES string of the molecule is Cc1cc(NS(=O)(=O)c2ccc(NCC#Cc3cc4c(NC5CCN(CCO)CC5)cccc4n3CC(F)(F)F)cc2)no1. The molecule has 2 aromatic carbocycles. The molecule has 1 saturated heterocycles. The summed E-state index contributed by atoms with van der Waals surface area (Å²) in [5.74, 6) is 6.31. The number of fused-ring (bicyclic) bond motifs is 1. The predicted molar refractivity (Wildman–Crippen MR) is 162 cm³/mol. The molecular weight excluding hydrogens is 597 g/mol. The van der Waals surface area contributed by atoms with Crippen molar-refractivity contribution in [1.29, 1.82) is 0 Å². The summed E-state index contributed by atoms with van der Waals surface area (Å²) in [6.07, 6.45) is -2.71. The van der Waals surface area contributed by atoms with Crippen LogP contribution in [0, 0.1) is 18.8 Å². The summed E-state index contributed by atoms with van der Waals surface area (Å²) in [5, 5.41) is 20.0. The highest BCUT2D eigenvalue weighted by Gasteiger charge is 2.30. The third kappa shape index (κ3) is 7.85. The van der Waals surface area contributed by atoms with Gasteiger partial charge in [-0.3, -0.25) is 4.72 Å². The molecule has 0 spiro atoms. The molecule has 0 aliphatic carbocycles. The summed E-state index contributed by atoms with van der Waals surface area (Å²) in [5.41, 5.74) is 2.02. The van der Waals surface area contributed by atoms with Crippen molar-refractivity contribution in [3.05, 3.63) is 66.1 Å². The maximum Gasteiger partial charge on any atom is 0.406 e. The first kappa shape index (κ1) is 31.2. The Morgan fingerprint density at radius 2 is 1.86 bits per heavy atom. The molecule has 4 N–H and O–H groups in total. The number of anilines is 3. The van der Waals surface area contributed by atoms with E-state index in [2.05, 4.69) is 37.3 Å². The van der Waals surface area contributed by atoms with Crippen LogP contribution in [0.4, 0.5) is 30.4 Å². The normalized spacial score (nSPS) is 14.8. The lowest BCUT2D eigenvalue weighted by Gasteiger charge is -2.32. The monoisotopic (exact) mass is 630 g/mol. The van der Waals surface area contributed by atoms with Gasteiger partial charge in [-0.15, -0.1) is 0 Å². The number of β-amino-alcohol motifs (C(OH)–C–C–N with tert-alkyl or cyclic N) is 1. The summed E-state index contributed by atoms with van der Waals surface area (Å²) in [6.45, 7) is 3.02. The van der Waals surface area contributed by atoms with Crippen molar-refractivity contribution in [3.63, 3.8) is 0 Å². The second-order valence-corrected chi connectivity index (χ2v) is 12.2. The third-order valence-corrected chi connectivity index (χ3v) is 8.65. The van der Waals surface area contributed by atoms with Crippen LogP contribution in [0.2, 0.25) is 0 Å². The van der Waals surface area contributed by atoms with Gasteiger partial charge in [0.15, 0.2) is 5.82 Å². The number of nitrogens with one attached hydrogen (secondary N) is 3. The summed E-state index contributed by atoms with van der Waals surface area (Å²) in [4.78, 5) is 2.21. The first-order chi connectivity index (χ1) is 21.0. The number of piperidine rings is 1. The van der Waals surface area contributed by atoms with E-state index in [1.807, 2.05) is 6.07 Å². The van der Waals surface area contributed by atoms with Gasteiger partial charge >= 0.3 is 6.18 Å². The van der Waals surface area contributed by atoms with Gasteiger partial charge in [-0.25, -0.2) is 8.42 Å². The number of aliphatic hydroxyl groups excluding tert-OH is 1. The van der Waals surface area contributed by atoms with E-state index in [9.17, 15) is 26.7 Å². The number of hydrogen-bond acceptors (Lipinski definition) is 8. The van der Waals surface area contributed by atoms with Crippen molar-refractivity contribution < 1.29 is 31.2 Å². The van der Waals surface area contributed by atoms with Gasteiger partial charge in [-0.05, 0) is 68.2 Å². The molecule has 0 radical (unpaired) electrons. The third-order valence-electron chi connectivity index (χ3n) is 7.28. The molecule has 234 valence electrons. The fraction of sp³-hybridized carbons (Fsp3) is 0.367. The number of likely N-dealkylation sites (tertiary alicyclic amines) is 1. The number of nitrogens with zero attached hydrogens (tertiary/aromatic N) is 3. The largest absolute Gasteiger partial charge is 0.406 e. The first-order valence-corrected chi connectivity index (χ1v) is 15.6. The van der Waals surface area contributed by atoms with Crippen LogP contribution in [-0.2, 0) is 16.6 Å². The number of sulfonamides is 1. The molecule has 14 heteroatoms. The minimum Gasteiger partial charge on any atom is -0.395 e. The molecule has 5 rings (SSSR count). The van der Waals surface area contributed by atoms with Crippen molar-refractivity contribution in [2.24, 2.45) is 0 Å². The van der Waals surface area contributed by atoms with E-state index in [0.29, 0.717) is 28.9 Å². The lowest BCUT2D eigenvalue weighted by atomic mass is 10.0. The molecule has 0 amide bonds. The average Bonchev–Trinajstić information content (AvgIpc) is 3.54. The van der Waals surface area contributed by atoms with E-state index in [4.69, 9.17) is 4.52 Å². The van der Waals surface area contributed by atoms with Gasteiger partial charge in [0.05, 0.1) is 29.3 Å². The van der Waals surface area contributed by atoms with E-state index in [1.165, 1.54) is 22.8 Å². The Hall–Kier alpha value is -4.19. The second-order valence-electron chi connectivity index (χ2n) is 10.6. The van der Waals surface area contributed by atoms with Gasteiger partial charge in [0, 0.05) is 48.5 Å². The summed E-state index contributed by atoms with van der Waals surface area (Å²) in [7, 11) is -3.87. The van der Waals surface area contributed by atoms with Crippen LogP contribution in [0.5, 0.6) is 0 Å². The van der Waals surface area contributed by atoms with E-state index in [-0.39, 0.29) is 35.6 Å². The van der Waals surface area contributed by atoms with E-state index < -0.39 is 22.7 Å². The zero-order valence-corrected chi connectivity index (χ0v) is 24.8. The van der Waals surface area contributed by atoms with Crippen molar-refractivity contribution in [1.82, 2.24) is 14.6 Å². The van der Waals surface area contributed by atoms with Crippen LogP contribution < -0.4 is 15.4 Å². The van der Waals surface area contributed by atoms with E-state index >= 15 is 0 Å². The molecule has 10 nitrogen and oxygen atoms in total. The number of aliphatic hydroxyl groups is 1. The second kappa shape index (κ2) is 13.2. The van der Waals surface area contributed by atoms with E-state index in [1.54, 1.807) is 37.3 Å². The zero-order chi connectivity index (χ0) is 31.3. The minimum absolute atomic E-state index is 0.0200. The molecule has 2 aromatic heterocycles. The maximum atomic E-state index is 13.6. The summed E-state index contributed by atoms with van der Waals surface area (Å²) in [6, 6.07) is 14.5. The number of hydrogen-bond donors (Lipinski definition) is 4. The Kier molecular flexibility index (Phi) is 9.38. The van der Waals surface area contributed by atoms with E-state index in [0.717, 1.165) is 31.6 Å². The fourth-order valence-electron chi connectivity index (χ4n) is 5.17. The smallest absolute Gasteiger partial charge is 0.395 e. The van der Waals surface area contributed by atoms with Crippen LogP contribution in [0.1, 0.15) is 24.3 Å². The van der Waals surface area contributed by atoms with Crippen molar-refractivity contribution in [2.75, 3.05) is 48.1 Å². The Labute approximate surface area is 253 Å². The zero-order valence-electron chi connectivity index (χ0n) is 24.0. The van der Waals surface area contributed by atoms with Crippen molar-refractivity contribution in [2.45, 2.75) is 43.4 Å². The molecule has 0 saturated carbocycles. The minimum atomic E-state index is -4.44. The Morgan fingerprint density at radius 1 is 1.11 bits per heavy atom. The van der Waals surface area contributed by atoms with Gasteiger partial charge in [0.25, 0.3) is 10.0 Å². The number of halogens is 3. The topological polar surface area (TPSA) is 125 Å². The lowest BCUT2D eigenvalue weighted by molar-refractivity contribution is -0.140. The molecule has 1 fully saturated rings. The van der Waals surface area contributed by atoms with Crippen LogP contribution in [0.25, 0.3) is 10.9 Å².